The fraction of sp³-hybridized carbons (Fsp3) is 0.778. The van der Waals surface area contributed by atoms with Crippen LogP contribution in [0.25, 0.3) is 0 Å². The molecule has 1 fully saturated rings. The fourth-order valence-corrected chi connectivity index (χ4v) is 1.83. The number of rotatable bonds is 3. The summed E-state index contributed by atoms with van der Waals surface area (Å²) in [6, 6.07) is 0. The van der Waals surface area contributed by atoms with Gasteiger partial charge in [0.25, 0.3) is 0 Å². The summed E-state index contributed by atoms with van der Waals surface area (Å²) in [6.45, 7) is 1.52. The molecule has 0 radical (unpaired) electrons. The molecular weight excluding hydrogens is 182 g/mol. The minimum Gasteiger partial charge on any atom is -0.396 e. The van der Waals surface area contributed by atoms with E-state index in [1.807, 2.05) is 13.2 Å². The van der Waals surface area contributed by atoms with Crippen molar-refractivity contribution in [1.82, 2.24) is 15.0 Å². The van der Waals surface area contributed by atoms with E-state index in [1.54, 1.807) is 4.68 Å². The highest BCUT2D eigenvalue weighted by Gasteiger charge is 2.35. The monoisotopic (exact) mass is 197 g/mol. The first-order chi connectivity index (χ1) is 6.74. The van der Waals surface area contributed by atoms with Crippen molar-refractivity contribution in [1.29, 1.82) is 0 Å². The molecule has 78 valence electrons. The molecule has 5 heteroatoms. The predicted molar refractivity (Wildman–Crippen MR) is 49.7 cm³/mol. The summed E-state index contributed by atoms with van der Waals surface area (Å²) >= 11 is 0. The normalized spacial score (nSPS) is 27.0. The van der Waals surface area contributed by atoms with Gasteiger partial charge < -0.3 is 9.84 Å². The average Bonchev–Trinajstić information content (AvgIpc) is 2.77. The summed E-state index contributed by atoms with van der Waals surface area (Å²) in [5, 5.41) is 17.2. The molecule has 0 aromatic carbocycles. The number of aliphatic hydroxyl groups is 1. The van der Waals surface area contributed by atoms with Crippen LogP contribution in [0, 0.1) is 5.41 Å². The quantitative estimate of drug-likeness (QED) is 0.726. The molecule has 0 amide bonds. The Morgan fingerprint density at radius 1 is 1.71 bits per heavy atom. The van der Waals surface area contributed by atoms with Crippen molar-refractivity contribution in [3.8, 4) is 0 Å². The van der Waals surface area contributed by atoms with Gasteiger partial charge in [0, 0.05) is 31.7 Å². The average molecular weight is 197 g/mol. The molecule has 2 rings (SSSR count). The van der Waals surface area contributed by atoms with E-state index in [1.165, 1.54) is 0 Å². The molecule has 14 heavy (non-hydrogen) atoms. The van der Waals surface area contributed by atoms with Gasteiger partial charge in [-0.3, -0.25) is 4.68 Å². The third-order valence-electron chi connectivity index (χ3n) is 2.73. The Labute approximate surface area is 82.7 Å². The maximum absolute atomic E-state index is 9.35. The first kappa shape index (κ1) is 9.61. The number of nitrogens with zero attached hydrogens (tertiary/aromatic N) is 3. The van der Waals surface area contributed by atoms with Crippen LogP contribution >= 0.6 is 0 Å². The van der Waals surface area contributed by atoms with Crippen LogP contribution in [0.2, 0.25) is 0 Å². The van der Waals surface area contributed by atoms with E-state index in [4.69, 9.17) is 4.74 Å². The van der Waals surface area contributed by atoms with Crippen molar-refractivity contribution in [2.75, 3.05) is 19.8 Å². The lowest BCUT2D eigenvalue weighted by molar-refractivity contribution is 0.0927. The zero-order chi connectivity index (χ0) is 10.0. The Balaban J connectivity index is 2.08. The van der Waals surface area contributed by atoms with Gasteiger partial charge in [0.15, 0.2) is 0 Å². The highest BCUT2D eigenvalue weighted by atomic mass is 16.5. The van der Waals surface area contributed by atoms with Crippen LogP contribution in [-0.2, 0) is 18.2 Å². The summed E-state index contributed by atoms with van der Waals surface area (Å²) < 4.78 is 6.99. The second kappa shape index (κ2) is 3.67. The van der Waals surface area contributed by atoms with E-state index < -0.39 is 0 Å². The van der Waals surface area contributed by atoms with E-state index in [2.05, 4.69) is 10.3 Å². The Kier molecular flexibility index (Phi) is 2.52. The fourth-order valence-electron chi connectivity index (χ4n) is 1.83. The molecule has 1 aromatic heterocycles. The van der Waals surface area contributed by atoms with Gasteiger partial charge in [0.1, 0.15) is 0 Å². The topological polar surface area (TPSA) is 60.2 Å². The lowest BCUT2D eigenvalue weighted by Crippen LogP contribution is -2.28. The molecule has 2 heterocycles. The molecule has 1 atom stereocenters. The van der Waals surface area contributed by atoms with Gasteiger partial charge in [0.05, 0.1) is 18.9 Å². The highest BCUT2D eigenvalue weighted by molar-refractivity contribution is 5.00. The van der Waals surface area contributed by atoms with Gasteiger partial charge >= 0.3 is 0 Å². The Morgan fingerprint density at radius 3 is 3.07 bits per heavy atom. The maximum atomic E-state index is 9.35. The summed E-state index contributed by atoms with van der Waals surface area (Å²) in [5.74, 6) is 0. The number of aryl methyl sites for hydroxylation is 1. The van der Waals surface area contributed by atoms with E-state index in [0.717, 1.165) is 25.1 Å². The minimum atomic E-state index is -0.129. The molecule has 0 aliphatic carbocycles. The van der Waals surface area contributed by atoms with Gasteiger partial charge in [-0.05, 0) is 6.42 Å². The van der Waals surface area contributed by atoms with Crippen LogP contribution in [-0.4, -0.2) is 39.9 Å². The first-order valence-electron chi connectivity index (χ1n) is 4.78. The van der Waals surface area contributed by atoms with E-state index in [0.29, 0.717) is 6.61 Å². The molecular formula is C9H15N3O2. The smallest absolute Gasteiger partial charge is 0.0834 e. The van der Waals surface area contributed by atoms with E-state index >= 15 is 0 Å². The molecule has 0 saturated carbocycles. The Bertz CT molecular complexity index is 305. The van der Waals surface area contributed by atoms with E-state index in [-0.39, 0.29) is 12.0 Å². The largest absolute Gasteiger partial charge is 0.396 e. The van der Waals surface area contributed by atoms with Gasteiger partial charge in [0.2, 0.25) is 0 Å². The molecule has 5 nitrogen and oxygen atoms in total. The molecule has 1 N–H and O–H groups in total. The number of aromatic nitrogens is 3. The number of hydrogen-bond acceptors (Lipinski definition) is 4. The second-order valence-corrected chi connectivity index (χ2v) is 4.02. The second-order valence-electron chi connectivity index (χ2n) is 4.02. The van der Waals surface area contributed by atoms with Gasteiger partial charge in [-0.25, -0.2) is 0 Å². The number of aliphatic hydroxyl groups excluding tert-OH is 1. The van der Waals surface area contributed by atoms with Crippen molar-refractivity contribution in [3.05, 3.63) is 11.9 Å². The maximum Gasteiger partial charge on any atom is 0.0834 e. The first-order valence-corrected chi connectivity index (χ1v) is 4.78. The third kappa shape index (κ3) is 1.78. The van der Waals surface area contributed by atoms with Crippen molar-refractivity contribution in [2.45, 2.75) is 12.8 Å². The predicted octanol–water partition coefficient (Wildman–Crippen LogP) is -0.243. The Morgan fingerprint density at radius 2 is 2.57 bits per heavy atom. The summed E-state index contributed by atoms with van der Waals surface area (Å²) in [5.41, 5.74) is 0.794. The van der Waals surface area contributed by atoms with Crippen molar-refractivity contribution >= 4 is 0 Å². The SMILES string of the molecule is Cn1cc(CC2(CO)CCOC2)nn1. The third-order valence-corrected chi connectivity index (χ3v) is 2.73. The van der Waals surface area contributed by atoms with Crippen LogP contribution in [0.15, 0.2) is 6.20 Å². The van der Waals surface area contributed by atoms with Gasteiger partial charge in [-0.15, -0.1) is 5.10 Å². The standard InChI is InChI=1S/C9H15N3O2/c1-12-5-8(10-11-12)4-9(6-13)2-3-14-7-9/h5,13H,2-4,6-7H2,1H3. The summed E-state index contributed by atoms with van der Waals surface area (Å²) in [7, 11) is 1.84. The highest BCUT2D eigenvalue weighted by Crippen LogP contribution is 2.31. The number of hydrogen-bond donors (Lipinski definition) is 1. The lowest BCUT2D eigenvalue weighted by Gasteiger charge is -2.22. The van der Waals surface area contributed by atoms with Crippen molar-refractivity contribution in [2.24, 2.45) is 12.5 Å². The molecule has 1 aliphatic heterocycles. The zero-order valence-electron chi connectivity index (χ0n) is 8.31. The van der Waals surface area contributed by atoms with Gasteiger partial charge in [-0.1, -0.05) is 5.21 Å². The zero-order valence-corrected chi connectivity index (χ0v) is 8.31. The molecule has 1 aliphatic rings. The molecule has 0 bridgehead atoms. The molecule has 1 saturated heterocycles. The van der Waals surface area contributed by atoms with Crippen LogP contribution < -0.4 is 0 Å². The lowest BCUT2D eigenvalue weighted by atomic mass is 9.84. The number of ether oxygens (including phenoxy) is 1. The van der Waals surface area contributed by atoms with Gasteiger partial charge in [-0.2, -0.15) is 0 Å². The molecule has 0 spiro atoms. The minimum absolute atomic E-state index is 0.129. The van der Waals surface area contributed by atoms with Crippen LogP contribution in [0.4, 0.5) is 0 Å². The van der Waals surface area contributed by atoms with Crippen LogP contribution in [0.1, 0.15) is 12.1 Å². The molecule has 1 aromatic rings. The summed E-state index contributed by atoms with van der Waals surface area (Å²) in [4.78, 5) is 0. The van der Waals surface area contributed by atoms with Crippen molar-refractivity contribution in [3.63, 3.8) is 0 Å². The van der Waals surface area contributed by atoms with Crippen LogP contribution in [0.5, 0.6) is 0 Å². The Hall–Kier alpha value is -0.940. The van der Waals surface area contributed by atoms with E-state index in [9.17, 15) is 5.11 Å². The van der Waals surface area contributed by atoms with Crippen molar-refractivity contribution < 1.29 is 9.84 Å². The molecule has 1 unspecified atom stereocenters. The van der Waals surface area contributed by atoms with Crippen LogP contribution in [0.3, 0.4) is 0 Å². The summed E-state index contributed by atoms with van der Waals surface area (Å²) in [6.07, 6.45) is 3.53.